The Morgan fingerprint density at radius 3 is 2.18 bits per heavy atom. The van der Waals surface area contributed by atoms with Gasteiger partial charge in [-0.2, -0.15) is 4.31 Å². The minimum absolute atomic E-state index is 0.225. The van der Waals surface area contributed by atoms with Crippen LogP contribution in [0.25, 0.3) is 0 Å². The Balaban J connectivity index is 2.60. The zero-order chi connectivity index (χ0) is 13.1. The van der Waals surface area contributed by atoms with Gasteiger partial charge in [0.2, 0.25) is 10.0 Å². The van der Waals surface area contributed by atoms with Crippen molar-refractivity contribution in [2.45, 2.75) is 38.8 Å². The van der Waals surface area contributed by atoms with Crippen molar-refractivity contribution in [1.29, 1.82) is 0 Å². The summed E-state index contributed by atoms with van der Waals surface area (Å²) in [5.74, 6) is 0.758. The van der Waals surface area contributed by atoms with Crippen molar-refractivity contribution < 1.29 is 8.42 Å². The first kappa shape index (κ1) is 15.2. The van der Waals surface area contributed by atoms with Crippen molar-refractivity contribution >= 4 is 21.6 Å². The summed E-state index contributed by atoms with van der Waals surface area (Å²) in [7, 11) is -1.05. The summed E-state index contributed by atoms with van der Waals surface area (Å²) in [5, 5.41) is 0. The van der Waals surface area contributed by atoms with Gasteiger partial charge in [-0.3, -0.25) is 4.90 Å². The van der Waals surface area contributed by atoms with Crippen molar-refractivity contribution in [3.63, 3.8) is 0 Å². The second-order valence-corrected chi connectivity index (χ2v) is 7.36. The molecule has 6 heteroatoms. The number of alkyl halides is 1. The molecule has 0 amide bonds. The van der Waals surface area contributed by atoms with E-state index in [1.165, 1.54) is 0 Å². The van der Waals surface area contributed by atoms with Crippen LogP contribution >= 0.6 is 11.6 Å². The Bertz CT molecular complexity index is 322. The highest BCUT2D eigenvalue weighted by Gasteiger charge is 2.32. The van der Waals surface area contributed by atoms with Crippen molar-refractivity contribution in [2.75, 3.05) is 31.8 Å². The van der Waals surface area contributed by atoms with Crippen LogP contribution in [0.15, 0.2) is 0 Å². The summed E-state index contributed by atoms with van der Waals surface area (Å²) in [6.07, 6.45) is 1.42. The monoisotopic (exact) mass is 282 g/mol. The molecule has 1 fully saturated rings. The number of hydrogen-bond donors (Lipinski definition) is 0. The average Bonchev–Trinajstić information content (AvgIpc) is 2.25. The molecule has 2 unspecified atom stereocenters. The van der Waals surface area contributed by atoms with Crippen LogP contribution in [0.2, 0.25) is 0 Å². The maximum atomic E-state index is 12.1. The summed E-state index contributed by atoms with van der Waals surface area (Å²) in [4.78, 5) is 2.23. The molecule has 0 aromatic carbocycles. The van der Waals surface area contributed by atoms with Gasteiger partial charge in [0.1, 0.15) is 0 Å². The number of hydrogen-bond acceptors (Lipinski definition) is 3. The molecule has 0 saturated carbocycles. The van der Waals surface area contributed by atoms with E-state index in [1.807, 2.05) is 7.05 Å². The summed E-state index contributed by atoms with van der Waals surface area (Å²) in [6, 6.07) is 0.558. The summed E-state index contributed by atoms with van der Waals surface area (Å²) in [5.41, 5.74) is 0. The molecule has 4 nitrogen and oxygen atoms in total. The van der Waals surface area contributed by atoms with Gasteiger partial charge < -0.3 is 0 Å². The Morgan fingerprint density at radius 2 is 1.71 bits per heavy atom. The van der Waals surface area contributed by atoms with Gasteiger partial charge >= 0.3 is 0 Å². The molecule has 1 aliphatic rings. The van der Waals surface area contributed by atoms with Crippen LogP contribution in [0.3, 0.4) is 0 Å². The molecular weight excluding hydrogens is 260 g/mol. The van der Waals surface area contributed by atoms with Gasteiger partial charge in [0.25, 0.3) is 0 Å². The molecule has 1 saturated heterocycles. The number of likely N-dealkylation sites (N-methyl/N-ethyl adjacent to an activating group) is 1. The predicted molar refractivity (Wildman–Crippen MR) is 72.0 cm³/mol. The standard InChI is InChI=1S/C11H23ClN2O2S/c1-10-8-14(9-11(2)13(10)3)17(15,16)7-5-4-6-12/h10-11H,4-9H2,1-3H3. The van der Waals surface area contributed by atoms with Crippen molar-refractivity contribution in [2.24, 2.45) is 0 Å². The molecule has 1 aliphatic heterocycles. The quantitative estimate of drug-likeness (QED) is 0.565. The Hall–Kier alpha value is 0.160. The van der Waals surface area contributed by atoms with E-state index in [1.54, 1.807) is 4.31 Å². The lowest BCUT2D eigenvalue weighted by Crippen LogP contribution is -2.56. The first-order valence-corrected chi connectivity index (χ1v) is 8.28. The largest absolute Gasteiger partial charge is 0.298 e. The molecule has 102 valence electrons. The van der Waals surface area contributed by atoms with Crippen LogP contribution in [-0.4, -0.2) is 61.5 Å². The van der Waals surface area contributed by atoms with E-state index < -0.39 is 10.0 Å². The van der Waals surface area contributed by atoms with Gasteiger partial charge in [0.15, 0.2) is 0 Å². The molecule has 0 aromatic heterocycles. The minimum atomic E-state index is -3.10. The molecule has 17 heavy (non-hydrogen) atoms. The lowest BCUT2D eigenvalue weighted by molar-refractivity contribution is 0.105. The molecule has 0 aromatic rings. The van der Waals surface area contributed by atoms with Crippen molar-refractivity contribution in [3.8, 4) is 0 Å². The lowest BCUT2D eigenvalue weighted by Gasteiger charge is -2.41. The summed E-state index contributed by atoms with van der Waals surface area (Å²) < 4.78 is 25.9. The Kier molecular flexibility index (Phi) is 5.70. The summed E-state index contributed by atoms with van der Waals surface area (Å²) in [6.45, 7) is 5.34. The zero-order valence-electron chi connectivity index (χ0n) is 10.9. The van der Waals surface area contributed by atoms with Crippen LogP contribution in [0, 0.1) is 0 Å². The summed E-state index contributed by atoms with van der Waals surface area (Å²) >= 11 is 5.57. The number of nitrogens with zero attached hydrogens (tertiary/aromatic N) is 2. The van der Waals surface area contributed by atoms with Crippen LogP contribution in [0.1, 0.15) is 26.7 Å². The highest BCUT2D eigenvalue weighted by Crippen LogP contribution is 2.17. The van der Waals surface area contributed by atoms with Gasteiger partial charge in [0, 0.05) is 31.1 Å². The molecule has 0 aliphatic carbocycles. The maximum Gasteiger partial charge on any atom is 0.214 e. The normalized spacial score (nSPS) is 28.5. The van der Waals surface area contributed by atoms with E-state index in [4.69, 9.17) is 11.6 Å². The van der Waals surface area contributed by atoms with Gasteiger partial charge in [-0.15, -0.1) is 11.6 Å². The van der Waals surface area contributed by atoms with Gasteiger partial charge in [-0.05, 0) is 33.7 Å². The highest BCUT2D eigenvalue weighted by molar-refractivity contribution is 7.89. The molecular formula is C11H23ClN2O2S. The molecule has 0 N–H and O–H groups in total. The van der Waals surface area contributed by atoms with Crippen LogP contribution in [0.4, 0.5) is 0 Å². The highest BCUT2D eigenvalue weighted by atomic mass is 35.5. The smallest absolute Gasteiger partial charge is 0.214 e. The van der Waals surface area contributed by atoms with E-state index in [-0.39, 0.29) is 17.8 Å². The molecule has 0 spiro atoms. The fourth-order valence-electron chi connectivity index (χ4n) is 2.09. The third-order valence-electron chi connectivity index (χ3n) is 3.51. The Morgan fingerprint density at radius 1 is 1.18 bits per heavy atom. The first-order chi connectivity index (χ1) is 7.88. The number of rotatable bonds is 5. The second kappa shape index (κ2) is 6.36. The fraction of sp³-hybridized carbons (Fsp3) is 1.00. The van der Waals surface area contributed by atoms with E-state index >= 15 is 0 Å². The Labute approximate surface area is 110 Å². The van der Waals surface area contributed by atoms with E-state index in [0.717, 1.165) is 6.42 Å². The molecule has 1 heterocycles. The van der Waals surface area contributed by atoms with Crippen LogP contribution in [-0.2, 0) is 10.0 Å². The van der Waals surface area contributed by atoms with E-state index in [0.29, 0.717) is 25.4 Å². The molecule has 1 rings (SSSR count). The lowest BCUT2D eigenvalue weighted by atomic mass is 10.1. The van der Waals surface area contributed by atoms with E-state index in [2.05, 4.69) is 18.7 Å². The van der Waals surface area contributed by atoms with Crippen LogP contribution < -0.4 is 0 Å². The minimum Gasteiger partial charge on any atom is -0.298 e. The first-order valence-electron chi connectivity index (χ1n) is 6.14. The van der Waals surface area contributed by atoms with Crippen molar-refractivity contribution in [1.82, 2.24) is 9.21 Å². The third-order valence-corrected chi connectivity index (χ3v) is 5.66. The second-order valence-electron chi connectivity index (χ2n) is 4.89. The topological polar surface area (TPSA) is 40.6 Å². The number of piperazine rings is 1. The number of sulfonamides is 1. The van der Waals surface area contributed by atoms with Gasteiger partial charge in [-0.25, -0.2) is 8.42 Å². The average molecular weight is 283 g/mol. The van der Waals surface area contributed by atoms with Crippen LogP contribution in [0.5, 0.6) is 0 Å². The molecule has 0 radical (unpaired) electrons. The SMILES string of the molecule is CC1CN(S(=O)(=O)CCCCCl)CC(C)N1C. The van der Waals surface area contributed by atoms with Crippen molar-refractivity contribution in [3.05, 3.63) is 0 Å². The number of unbranched alkanes of at least 4 members (excludes halogenated alkanes) is 1. The van der Waals surface area contributed by atoms with Gasteiger partial charge in [0.05, 0.1) is 5.75 Å². The zero-order valence-corrected chi connectivity index (χ0v) is 12.5. The molecule has 2 atom stereocenters. The fourth-order valence-corrected chi connectivity index (χ4v) is 3.99. The third kappa shape index (κ3) is 4.09. The van der Waals surface area contributed by atoms with Gasteiger partial charge in [-0.1, -0.05) is 0 Å². The predicted octanol–water partition coefficient (Wildman–Crippen LogP) is 1.36. The van der Waals surface area contributed by atoms with E-state index in [9.17, 15) is 8.42 Å². The maximum absolute atomic E-state index is 12.1. The number of halogens is 1. The molecule has 0 bridgehead atoms.